The molecule has 0 spiro atoms. The summed E-state index contributed by atoms with van der Waals surface area (Å²) in [6.07, 6.45) is 1.37. The van der Waals surface area contributed by atoms with E-state index < -0.39 is 4.92 Å². The van der Waals surface area contributed by atoms with Crippen molar-refractivity contribution in [2.75, 3.05) is 6.79 Å². The maximum Gasteiger partial charge on any atom is 0.284 e. The fourth-order valence-electron chi connectivity index (χ4n) is 2.51. The lowest BCUT2D eigenvalue weighted by Crippen LogP contribution is -1.99. The molecule has 0 fully saturated rings. The molecule has 112 valence electrons. The van der Waals surface area contributed by atoms with Crippen LogP contribution in [-0.4, -0.2) is 18.0 Å². The van der Waals surface area contributed by atoms with E-state index in [0.717, 1.165) is 12.0 Å². The summed E-state index contributed by atoms with van der Waals surface area (Å²) in [4.78, 5) is 22.1. The lowest BCUT2D eigenvalue weighted by Gasteiger charge is -2.10. The summed E-state index contributed by atoms with van der Waals surface area (Å²) in [6, 6.07) is 8.73. The van der Waals surface area contributed by atoms with Gasteiger partial charge in [0.2, 0.25) is 6.79 Å². The van der Waals surface area contributed by atoms with Gasteiger partial charge in [-0.1, -0.05) is 31.2 Å². The Bertz CT molecular complexity index is 752. The van der Waals surface area contributed by atoms with Crippen LogP contribution >= 0.6 is 0 Å². The molecular formula is C16H13NO5. The number of hydrogen-bond donors (Lipinski definition) is 0. The highest BCUT2D eigenvalue weighted by atomic mass is 16.7. The molecule has 0 aliphatic carbocycles. The third-order valence-electron chi connectivity index (χ3n) is 3.65. The number of benzene rings is 2. The van der Waals surface area contributed by atoms with Crippen LogP contribution in [0.1, 0.15) is 22.8 Å². The normalized spacial score (nSPS) is 12.2. The Morgan fingerprint density at radius 2 is 2.00 bits per heavy atom. The number of ether oxygens (including phenoxy) is 2. The molecule has 3 rings (SSSR count). The van der Waals surface area contributed by atoms with Crippen molar-refractivity contribution in [1.29, 1.82) is 0 Å². The van der Waals surface area contributed by atoms with Crippen molar-refractivity contribution in [3.05, 3.63) is 51.6 Å². The summed E-state index contributed by atoms with van der Waals surface area (Å²) < 4.78 is 10.7. The molecule has 1 aliphatic rings. The zero-order chi connectivity index (χ0) is 15.7. The van der Waals surface area contributed by atoms with E-state index in [0.29, 0.717) is 23.2 Å². The number of nitro benzene ring substituents is 1. The fraction of sp³-hybridized carbons (Fsp3) is 0.188. The summed E-state index contributed by atoms with van der Waals surface area (Å²) >= 11 is 0. The average Bonchev–Trinajstić information content (AvgIpc) is 3.01. The Morgan fingerprint density at radius 3 is 2.59 bits per heavy atom. The fourth-order valence-corrected chi connectivity index (χ4v) is 2.51. The number of hydrogen-bond acceptors (Lipinski definition) is 5. The van der Waals surface area contributed by atoms with Crippen LogP contribution < -0.4 is 9.47 Å². The summed E-state index contributed by atoms with van der Waals surface area (Å²) in [5.74, 6) is 0.656. The lowest BCUT2D eigenvalue weighted by molar-refractivity contribution is -0.385. The molecule has 0 radical (unpaired) electrons. The molecular weight excluding hydrogens is 286 g/mol. The minimum absolute atomic E-state index is 0.00139. The number of nitrogens with zero attached hydrogens (tertiary/aromatic N) is 1. The second-order valence-electron chi connectivity index (χ2n) is 4.84. The van der Waals surface area contributed by atoms with Crippen LogP contribution in [0.4, 0.5) is 5.69 Å². The summed E-state index contributed by atoms with van der Waals surface area (Å²) in [5, 5.41) is 11.2. The SMILES string of the molecule is CCc1ccc(-c2c(C=O)c([N+](=O)[O-])cc3c2OCO3)cc1. The largest absolute Gasteiger partial charge is 0.453 e. The number of carbonyl (C=O) groups is 1. The molecule has 0 bridgehead atoms. The highest BCUT2D eigenvalue weighted by Crippen LogP contribution is 2.46. The molecule has 22 heavy (non-hydrogen) atoms. The number of rotatable bonds is 4. The molecule has 2 aromatic carbocycles. The van der Waals surface area contributed by atoms with Crippen LogP contribution in [-0.2, 0) is 6.42 Å². The van der Waals surface area contributed by atoms with Crippen LogP contribution in [0.5, 0.6) is 11.5 Å². The number of aldehydes is 1. The van der Waals surface area contributed by atoms with Gasteiger partial charge in [0.15, 0.2) is 17.8 Å². The van der Waals surface area contributed by atoms with E-state index in [-0.39, 0.29) is 23.8 Å². The first kappa shape index (κ1) is 14.1. The van der Waals surface area contributed by atoms with Crippen molar-refractivity contribution >= 4 is 12.0 Å². The molecule has 2 aromatic rings. The van der Waals surface area contributed by atoms with Gasteiger partial charge in [-0.2, -0.15) is 0 Å². The minimum Gasteiger partial charge on any atom is -0.453 e. The van der Waals surface area contributed by atoms with Crippen LogP contribution in [0.15, 0.2) is 30.3 Å². The van der Waals surface area contributed by atoms with E-state index in [9.17, 15) is 14.9 Å². The van der Waals surface area contributed by atoms with E-state index >= 15 is 0 Å². The standard InChI is InChI=1S/C16H13NO5/c1-2-10-3-5-11(6-4-10)15-12(8-18)13(17(19)20)7-14-16(15)22-9-21-14/h3-8H,2,9H2,1H3. The maximum atomic E-state index is 11.4. The summed E-state index contributed by atoms with van der Waals surface area (Å²) in [7, 11) is 0. The van der Waals surface area contributed by atoms with Gasteiger partial charge in [0, 0.05) is 5.56 Å². The van der Waals surface area contributed by atoms with Crippen LogP contribution in [0.3, 0.4) is 0 Å². The van der Waals surface area contributed by atoms with Crippen molar-refractivity contribution in [1.82, 2.24) is 0 Å². The number of aryl methyl sites for hydroxylation is 1. The van der Waals surface area contributed by atoms with Crippen molar-refractivity contribution in [3.63, 3.8) is 0 Å². The second kappa shape index (κ2) is 5.48. The first-order valence-electron chi connectivity index (χ1n) is 6.81. The lowest BCUT2D eigenvalue weighted by atomic mass is 9.96. The Hall–Kier alpha value is -2.89. The van der Waals surface area contributed by atoms with Crippen molar-refractivity contribution < 1.29 is 19.2 Å². The van der Waals surface area contributed by atoms with E-state index in [1.165, 1.54) is 6.07 Å². The van der Waals surface area contributed by atoms with E-state index in [4.69, 9.17) is 9.47 Å². The van der Waals surface area contributed by atoms with Gasteiger partial charge in [0.05, 0.1) is 11.0 Å². The average molecular weight is 299 g/mol. The Morgan fingerprint density at radius 1 is 1.27 bits per heavy atom. The van der Waals surface area contributed by atoms with Crippen molar-refractivity contribution in [3.8, 4) is 22.6 Å². The Kier molecular flexibility index (Phi) is 3.50. The molecule has 0 amide bonds. The van der Waals surface area contributed by atoms with Gasteiger partial charge in [-0.05, 0) is 17.5 Å². The molecule has 0 saturated carbocycles. The molecule has 0 N–H and O–H groups in total. The Labute approximate surface area is 126 Å². The first-order valence-corrected chi connectivity index (χ1v) is 6.81. The molecule has 6 nitrogen and oxygen atoms in total. The topological polar surface area (TPSA) is 78.7 Å². The van der Waals surface area contributed by atoms with Gasteiger partial charge in [-0.25, -0.2) is 0 Å². The van der Waals surface area contributed by atoms with E-state index in [2.05, 4.69) is 0 Å². The number of carbonyl (C=O) groups excluding carboxylic acids is 1. The number of nitro groups is 1. The summed E-state index contributed by atoms with van der Waals surface area (Å²) in [6.45, 7) is 2.02. The van der Waals surface area contributed by atoms with Crippen LogP contribution in [0, 0.1) is 10.1 Å². The zero-order valence-electron chi connectivity index (χ0n) is 11.9. The molecule has 1 heterocycles. The van der Waals surface area contributed by atoms with Gasteiger partial charge >= 0.3 is 0 Å². The third kappa shape index (κ3) is 2.18. The van der Waals surface area contributed by atoms with Crippen LogP contribution in [0.2, 0.25) is 0 Å². The summed E-state index contributed by atoms with van der Waals surface area (Å²) in [5.41, 5.74) is 1.94. The first-order chi connectivity index (χ1) is 10.7. The molecule has 6 heteroatoms. The molecule has 0 atom stereocenters. The highest BCUT2D eigenvalue weighted by Gasteiger charge is 2.29. The predicted octanol–water partition coefficient (Wildman–Crippen LogP) is 3.37. The van der Waals surface area contributed by atoms with E-state index in [1.54, 1.807) is 0 Å². The van der Waals surface area contributed by atoms with Gasteiger partial charge in [-0.15, -0.1) is 0 Å². The molecule has 0 unspecified atom stereocenters. The van der Waals surface area contributed by atoms with Gasteiger partial charge in [-0.3, -0.25) is 14.9 Å². The zero-order valence-corrected chi connectivity index (χ0v) is 11.9. The molecule has 0 aromatic heterocycles. The van der Waals surface area contributed by atoms with Crippen molar-refractivity contribution in [2.24, 2.45) is 0 Å². The van der Waals surface area contributed by atoms with Crippen LogP contribution in [0.25, 0.3) is 11.1 Å². The second-order valence-corrected chi connectivity index (χ2v) is 4.84. The maximum absolute atomic E-state index is 11.4. The van der Waals surface area contributed by atoms with Gasteiger partial charge < -0.3 is 9.47 Å². The minimum atomic E-state index is -0.588. The predicted molar refractivity (Wildman–Crippen MR) is 79.4 cm³/mol. The van der Waals surface area contributed by atoms with E-state index in [1.807, 2.05) is 31.2 Å². The number of fused-ring (bicyclic) bond motifs is 1. The third-order valence-corrected chi connectivity index (χ3v) is 3.65. The van der Waals surface area contributed by atoms with Crippen molar-refractivity contribution in [2.45, 2.75) is 13.3 Å². The highest BCUT2D eigenvalue weighted by molar-refractivity contribution is 5.97. The quantitative estimate of drug-likeness (QED) is 0.491. The van der Waals surface area contributed by atoms with Gasteiger partial charge in [0.25, 0.3) is 5.69 Å². The monoisotopic (exact) mass is 299 g/mol. The smallest absolute Gasteiger partial charge is 0.284 e. The Balaban J connectivity index is 2.28. The molecule has 1 aliphatic heterocycles. The van der Waals surface area contributed by atoms with Gasteiger partial charge in [0.1, 0.15) is 5.56 Å². The molecule has 0 saturated heterocycles.